The molecule has 2 rings (SSSR count). The number of hydrogen-bond donors (Lipinski definition) is 2. The molecule has 20 heavy (non-hydrogen) atoms. The molecule has 1 heterocycles. The van der Waals surface area contributed by atoms with Crippen LogP contribution in [0, 0.1) is 0 Å². The third-order valence-electron chi connectivity index (χ3n) is 2.47. The number of nitrogens with two attached hydrogens (primary N) is 1. The number of alkyl halides is 3. The predicted molar refractivity (Wildman–Crippen MR) is 72.4 cm³/mol. The zero-order chi connectivity index (χ0) is 14.0. The number of halogens is 4. The van der Waals surface area contributed by atoms with Gasteiger partial charge in [0, 0.05) is 5.56 Å². The molecule has 0 fully saturated rings. The van der Waals surface area contributed by atoms with Gasteiger partial charge >= 0.3 is 6.36 Å². The maximum absolute atomic E-state index is 12.1. The molecule has 3 N–H and O–H groups in total. The molecule has 0 saturated carbocycles. The van der Waals surface area contributed by atoms with Gasteiger partial charge in [-0.25, -0.2) is 0 Å². The van der Waals surface area contributed by atoms with Crippen LogP contribution in [0.25, 0.3) is 0 Å². The first-order chi connectivity index (χ1) is 8.87. The van der Waals surface area contributed by atoms with Gasteiger partial charge in [-0.1, -0.05) is 0 Å². The van der Waals surface area contributed by atoms with E-state index in [2.05, 4.69) is 4.74 Å². The van der Waals surface area contributed by atoms with Gasteiger partial charge in [0.2, 0.25) is 0 Å². The Morgan fingerprint density at radius 2 is 1.95 bits per heavy atom. The van der Waals surface area contributed by atoms with Gasteiger partial charge in [-0.05, 0) is 40.6 Å². The lowest BCUT2D eigenvalue weighted by Crippen LogP contribution is -2.18. The van der Waals surface area contributed by atoms with E-state index in [4.69, 9.17) is 5.73 Å². The molecule has 1 aromatic carbocycles. The highest BCUT2D eigenvalue weighted by molar-refractivity contribution is 7.08. The Kier molecular flexibility index (Phi) is 5.27. The Balaban J connectivity index is 0.00000200. The van der Waals surface area contributed by atoms with Crippen molar-refractivity contribution >= 4 is 23.7 Å². The van der Waals surface area contributed by atoms with Gasteiger partial charge in [0.25, 0.3) is 0 Å². The van der Waals surface area contributed by atoms with Crippen LogP contribution in [0.1, 0.15) is 17.2 Å². The highest BCUT2D eigenvalue weighted by Gasteiger charge is 2.31. The Bertz CT molecular complexity index is 560. The lowest BCUT2D eigenvalue weighted by Gasteiger charge is -2.15. The van der Waals surface area contributed by atoms with Crippen molar-refractivity contribution in [1.82, 2.24) is 0 Å². The number of hydrogen-bond acceptors (Lipinski definition) is 4. The normalized spacial score (nSPS) is 12.6. The Morgan fingerprint density at radius 3 is 2.50 bits per heavy atom. The van der Waals surface area contributed by atoms with Gasteiger partial charge in [0.1, 0.15) is 11.5 Å². The minimum absolute atomic E-state index is 0. The average Bonchev–Trinajstić information content (AvgIpc) is 2.82. The van der Waals surface area contributed by atoms with Crippen LogP contribution in [-0.4, -0.2) is 11.5 Å². The SMILES string of the molecule is Cl.N[C@H](c1ccsc1)c1cc(OC(F)(F)F)ccc1O. The molecule has 0 bridgehead atoms. The fraction of sp³-hybridized carbons (Fsp3) is 0.167. The number of aromatic hydroxyl groups is 1. The molecular weight excluding hydrogens is 315 g/mol. The minimum Gasteiger partial charge on any atom is -0.508 e. The van der Waals surface area contributed by atoms with E-state index in [1.807, 2.05) is 0 Å². The van der Waals surface area contributed by atoms with Crippen LogP contribution in [-0.2, 0) is 0 Å². The highest BCUT2D eigenvalue weighted by atomic mass is 35.5. The maximum Gasteiger partial charge on any atom is 0.573 e. The van der Waals surface area contributed by atoms with Crippen molar-refractivity contribution in [3.8, 4) is 11.5 Å². The van der Waals surface area contributed by atoms with Crippen molar-refractivity contribution in [2.75, 3.05) is 0 Å². The van der Waals surface area contributed by atoms with Crippen molar-refractivity contribution in [3.63, 3.8) is 0 Å². The number of ether oxygens (including phenoxy) is 1. The summed E-state index contributed by atoms with van der Waals surface area (Å²) in [6, 6.07) is 4.29. The molecule has 1 aromatic heterocycles. The minimum atomic E-state index is -4.78. The van der Waals surface area contributed by atoms with Crippen LogP contribution in [0.3, 0.4) is 0 Å². The monoisotopic (exact) mass is 325 g/mol. The second-order valence-electron chi connectivity index (χ2n) is 3.80. The van der Waals surface area contributed by atoms with E-state index in [1.165, 1.54) is 11.3 Å². The molecule has 0 radical (unpaired) electrons. The van der Waals surface area contributed by atoms with E-state index < -0.39 is 18.2 Å². The van der Waals surface area contributed by atoms with Crippen LogP contribution < -0.4 is 10.5 Å². The van der Waals surface area contributed by atoms with Crippen molar-refractivity contribution in [2.24, 2.45) is 5.73 Å². The molecule has 0 aliphatic carbocycles. The molecule has 8 heteroatoms. The second kappa shape index (κ2) is 6.34. The van der Waals surface area contributed by atoms with Gasteiger partial charge in [-0.15, -0.1) is 25.6 Å². The van der Waals surface area contributed by atoms with E-state index >= 15 is 0 Å². The standard InChI is InChI=1S/C12H10F3NO2S.ClH/c13-12(14,15)18-8-1-2-10(17)9(5-8)11(16)7-3-4-19-6-7;/h1-6,11,17H,16H2;1H/t11-;/m1./s1. The number of thiophene rings is 1. The molecule has 2 aromatic rings. The molecule has 0 aliphatic rings. The van der Waals surface area contributed by atoms with Gasteiger partial charge in [0.15, 0.2) is 0 Å². The smallest absolute Gasteiger partial charge is 0.508 e. The fourth-order valence-electron chi connectivity index (χ4n) is 1.61. The first kappa shape index (κ1) is 16.6. The highest BCUT2D eigenvalue weighted by Crippen LogP contribution is 2.33. The third-order valence-corrected chi connectivity index (χ3v) is 3.17. The lowest BCUT2D eigenvalue weighted by atomic mass is 10.0. The molecule has 1 atom stereocenters. The number of rotatable bonds is 3. The third kappa shape index (κ3) is 4.03. The molecule has 0 amide bonds. The summed E-state index contributed by atoms with van der Waals surface area (Å²) in [4.78, 5) is 0. The van der Waals surface area contributed by atoms with Crippen LogP contribution >= 0.6 is 23.7 Å². The Labute approximate surface area is 123 Å². The summed E-state index contributed by atoms with van der Waals surface area (Å²) in [5.74, 6) is -0.584. The maximum atomic E-state index is 12.1. The molecule has 0 saturated heterocycles. The summed E-state index contributed by atoms with van der Waals surface area (Å²) >= 11 is 1.41. The topological polar surface area (TPSA) is 55.5 Å². The van der Waals surface area contributed by atoms with E-state index in [0.717, 1.165) is 18.2 Å². The molecule has 110 valence electrons. The predicted octanol–water partition coefficient (Wildman–Crippen LogP) is 3.82. The summed E-state index contributed by atoms with van der Waals surface area (Å²) in [7, 11) is 0. The molecule has 0 unspecified atom stereocenters. The number of phenolic OH excluding ortho intramolecular Hbond substituents is 1. The van der Waals surface area contributed by atoms with Gasteiger partial charge in [-0.3, -0.25) is 0 Å². The largest absolute Gasteiger partial charge is 0.573 e. The first-order valence-corrected chi connectivity index (χ1v) is 6.17. The fourth-order valence-corrected chi connectivity index (χ4v) is 2.31. The summed E-state index contributed by atoms with van der Waals surface area (Å²) in [5, 5.41) is 13.2. The van der Waals surface area contributed by atoms with Gasteiger partial charge in [-0.2, -0.15) is 11.3 Å². The Hall–Kier alpha value is -1.44. The van der Waals surface area contributed by atoms with Crippen molar-refractivity contribution in [1.29, 1.82) is 0 Å². The summed E-state index contributed by atoms with van der Waals surface area (Å²) in [6.07, 6.45) is -4.78. The van der Waals surface area contributed by atoms with Crippen LogP contribution in [0.5, 0.6) is 11.5 Å². The van der Waals surface area contributed by atoms with Gasteiger partial charge in [0.05, 0.1) is 6.04 Å². The second-order valence-corrected chi connectivity index (χ2v) is 4.58. The molecule has 0 spiro atoms. The first-order valence-electron chi connectivity index (χ1n) is 5.23. The van der Waals surface area contributed by atoms with Gasteiger partial charge < -0.3 is 15.6 Å². The van der Waals surface area contributed by atoms with Crippen molar-refractivity contribution < 1.29 is 23.0 Å². The van der Waals surface area contributed by atoms with E-state index in [1.54, 1.807) is 16.8 Å². The van der Waals surface area contributed by atoms with Crippen LogP contribution in [0.2, 0.25) is 0 Å². The van der Waals surface area contributed by atoms with E-state index in [9.17, 15) is 18.3 Å². The van der Waals surface area contributed by atoms with Crippen molar-refractivity contribution in [2.45, 2.75) is 12.4 Å². The van der Waals surface area contributed by atoms with E-state index in [-0.39, 0.29) is 23.7 Å². The van der Waals surface area contributed by atoms with Crippen LogP contribution in [0.15, 0.2) is 35.0 Å². The van der Waals surface area contributed by atoms with E-state index in [0.29, 0.717) is 5.56 Å². The zero-order valence-electron chi connectivity index (χ0n) is 9.92. The van der Waals surface area contributed by atoms with Crippen molar-refractivity contribution in [3.05, 3.63) is 46.2 Å². The number of benzene rings is 1. The quantitative estimate of drug-likeness (QED) is 0.902. The molecular formula is C12H11ClF3NO2S. The summed E-state index contributed by atoms with van der Waals surface area (Å²) < 4.78 is 40.2. The molecule has 3 nitrogen and oxygen atoms in total. The lowest BCUT2D eigenvalue weighted by molar-refractivity contribution is -0.274. The number of phenols is 1. The Morgan fingerprint density at radius 1 is 1.25 bits per heavy atom. The molecule has 0 aliphatic heterocycles. The average molecular weight is 326 g/mol. The summed E-state index contributed by atoms with van der Waals surface area (Å²) in [6.45, 7) is 0. The summed E-state index contributed by atoms with van der Waals surface area (Å²) in [5.41, 5.74) is 6.80. The zero-order valence-corrected chi connectivity index (χ0v) is 11.6. The van der Waals surface area contributed by atoms with Crippen LogP contribution in [0.4, 0.5) is 13.2 Å².